The molecule has 0 aromatic heterocycles. The fourth-order valence-electron chi connectivity index (χ4n) is 2.51. The van der Waals surface area contributed by atoms with E-state index in [1.54, 1.807) is 7.11 Å². The number of aliphatic carboxylic acids is 1. The van der Waals surface area contributed by atoms with Crippen molar-refractivity contribution in [2.75, 3.05) is 25.6 Å². The first kappa shape index (κ1) is 13.0. The second-order valence-corrected chi connectivity index (χ2v) is 5.07. The number of halogens is 1. The number of fused-ring (bicyclic) bond motifs is 1. The second kappa shape index (κ2) is 5.06. The number of carbonyl (C=O) groups is 1. The first-order chi connectivity index (χ1) is 8.51. The van der Waals surface area contributed by atoms with Crippen molar-refractivity contribution in [2.24, 2.45) is 5.92 Å². The summed E-state index contributed by atoms with van der Waals surface area (Å²) >= 11 is 6.10. The van der Waals surface area contributed by atoms with Crippen LogP contribution in [-0.2, 0) is 11.2 Å². The largest absolute Gasteiger partial charge is 0.495 e. The van der Waals surface area contributed by atoms with Crippen LogP contribution in [0.5, 0.6) is 5.75 Å². The fraction of sp³-hybridized carbons (Fsp3) is 0.462. The van der Waals surface area contributed by atoms with Crippen molar-refractivity contribution in [1.82, 2.24) is 0 Å². The van der Waals surface area contributed by atoms with E-state index >= 15 is 0 Å². The van der Waals surface area contributed by atoms with E-state index < -0.39 is 5.97 Å². The van der Waals surface area contributed by atoms with Crippen molar-refractivity contribution in [3.8, 4) is 5.75 Å². The van der Waals surface area contributed by atoms with E-state index in [0.29, 0.717) is 10.8 Å². The lowest BCUT2D eigenvalue weighted by atomic mass is 9.90. The second-order valence-electron chi connectivity index (χ2n) is 4.66. The van der Waals surface area contributed by atoms with Gasteiger partial charge in [0.05, 0.1) is 18.6 Å². The third-order valence-corrected chi connectivity index (χ3v) is 3.56. The summed E-state index contributed by atoms with van der Waals surface area (Å²) in [7, 11) is 3.53. The van der Waals surface area contributed by atoms with Gasteiger partial charge in [-0.15, -0.1) is 0 Å². The van der Waals surface area contributed by atoms with Gasteiger partial charge in [0.2, 0.25) is 0 Å². The quantitative estimate of drug-likeness (QED) is 0.916. The number of carboxylic acids is 1. The van der Waals surface area contributed by atoms with Gasteiger partial charge in [-0.2, -0.15) is 0 Å². The molecule has 0 saturated heterocycles. The minimum Gasteiger partial charge on any atom is -0.495 e. The van der Waals surface area contributed by atoms with Crippen LogP contribution in [0.15, 0.2) is 12.1 Å². The summed E-state index contributed by atoms with van der Waals surface area (Å²) in [6.07, 6.45) is 0.939. The summed E-state index contributed by atoms with van der Waals surface area (Å²) in [5.74, 6) is 0.0171. The number of methoxy groups -OCH3 is 1. The molecule has 1 unspecified atom stereocenters. The normalized spacial score (nSPS) is 18.4. The van der Waals surface area contributed by atoms with Crippen LogP contribution < -0.4 is 9.64 Å². The number of carboxylic acid groups (broad SMARTS) is 1. The summed E-state index contributed by atoms with van der Waals surface area (Å²) in [4.78, 5) is 12.9. The summed E-state index contributed by atoms with van der Waals surface area (Å²) in [6, 6.07) is 3.79. The van der Waals surface area contributed by atoms with Gasteiger partial charge in [-0.1, -0.05) is 11.6 Å². The predicted molar refractivity (Wildman–Crippen MR) is 70.7 cm³/mol. The molecule has 1 atom stereocenters. The molecule has 4 nitrogen and oxygen atoms in total. The topological polar surface area (TPSA) is 49.8 Å². The van der Waals surface area contributed by atoms with Gasteiger partial charge in [0, 0.05) is 19.3 Å². The third-order valence-electron chi connectivity index (χ3n) is 3.27. The molecule has 1 N–H and O–H groups in total. The molecule has 0 aliphatic carbocycles. The van der Waals surface area contributed by atoms with E-state index in [1.165, 1.54) is 0 Å². The van der Waals surface area contributed by atoms with Crippen LogP contribution in [0.1, 0.15) is 12.0 Å². The van der Waals surface area contributed by atoms with Gasteiger partial charge < -0.3 is 14.7 Å². The van der Waals surface area contributed by atoms with E-state index in [0.717, 1.165) is 24.2 Å². The van der Waals surface area contributed by atoms with Crippen LogP contribution in [0.2, 0.25) is 5.02 Å². The van der Waals surface area contributed by atoms with Gasteiger partial charge in [0.1, 0.15) is 5.75 Å². The molecule has 0 amide bonds. The maximum absolute atomic E-state index is 10.8. The lowest BCUT2D eigenvalue weighted by Gasteiger charge is -2.33. The number of benzene rings is 1. The highest BCUT2D eigenvalue weighted by Crippen LogP contribution is 2.37. The Morgan fingerprint density at radius 2 is 2.33 bits per heavy atom. The molecule has 1 aliphatic heterocycles. The first-order valence-corrected chi connectivity index (χ1v) is 6.18. The highest BCUT2D eigenvalue weighted by Gasteiger charge is 2.25. The van der Waals surface area contributed by atoms with E-state index in [-0.39, 0.29) is 12.3 Å². The zero-order chi connectivity index (χ0) is 13.3. The average molecular weight is 270 g/mol. The van der Waals surface area contributed by atoms with Gasteiger partial charge in [-0.25, -0.2) is 0 Å². The lowest BCUT2D eigenvalue weighted by molar-refractivity contribution is -0.138. The summed E-state index contributed by atoms with van der Waals surface area (Å²) in [5.41, 5.74) is 2.15. The van der Waals surface area contributed by atoms with Gasteiger partial charge >= 0.3 is 5.97 Å². The molecule has 1 aliphatic rings. The first-order valence-electron chi connectivity index (χ1n) is 5.80. The summed E-state index contributed by atoms with van der Waals surface area (Å²) in [6.45, 7) is 0.738. The maximum Gasteiger partial charge on any atom is 0.303 e. The molecule has 0 spiro atoms. The smallest absolute Gasteiger partial charge is 0.303 e. The van der Waals surface area contributed by atoms with Gasteiger partial charge in [0.15, 0.2) is 0 Å². The Labute approximate surface area is 111 Å². The lowest BCUT2D eigenvalue weighted by Crippen LogP contribution is -2.33. The van der Waals surface area contributed by atoms with E-state index in [1.807, 2.05) is 19.2 Å². The van der Waals surface area contributed by atoms with Crippen molar-refractivity contribution in [3.05, 3.63) is 22.7 Å². The Balaban J connectivity index is 2.31. The van der Waals surface area contributed by atoms with Crippen molar-refractivity contribution < 1.29 is 14.6 Å². The number of nitrogens with zero attached hydrogens (tertiary/aromatic N) is 1. The zero-order valence-electron chi connectivity index (χ0n) is 10.4. The Morgan fingerprint density at radius 1 is 1.61 bits per heavy atom. The van der Waals surface area contributed by atoms with Crippen molar-refractivity contribution in [2.45, 2.75) is 12.8 Å². The molecule has 0 saturated carbocycles. The number of anilines is 1. The molecule has 5 heteroatoms. The minimum absolute atomic E-state index is 0.130. The fourth-order valence-corrected chi connectivity index (χ4v) is 2.74. The zero-order valence-corrected chi connectivity index (χ0v) is 11.2. The highest BCUT2D eigenvalue weighted by molar-refractivity contribution is 6.32. The van der Waals surface area contributed by atoms with Crippen molar-refractivity contribution in [1.29, 1.82) is 0 Å². The van der Waals surface area contributed by atoms with Gasteiger partial charge in [0.25, 0.3) is 0 Å². The number of hydrogen-bond donors (Lipinski definition) is 1. The Morgan fingerprint density at radius 3 is 2.94 bits per heavy atom. The number of hydrogen-bond acceptors (Lipinski definition) is 3. The molecule has 1 heterocycles. The molecule has 0 bridgehead atoms. The Kier molecular flexibility index (Phi) is 3.66. The highest BCUT2D eigenvalue weighted by atomic mass is 35.5. The summed E-state index contributed by atoms with van der Waals surface area (Å²) < 4.78 is 5.20. The molecule has 0 fully saturated rings. The number of rotatable bonds is 3. The van der Waals surface area contributed by atoms with Crippen molar-refractivity contribution >= 4 is 23.3 Å². The van der Waals surface area contributed by atoms with Crippen molar-refractivity contribution in [3.63, 3.8) is 0 Å². The molecule has 1 aromatic rings. The average Bonchev–Trinajstić information content (AvgIpc) is 2.28. The van der Waals surface area contributed by atoms with Crippen LogP contribution in [0, 0.1) is 5.92 Å². The minimum atomic E-state index is -0.752. The van der Waals surface area contributed by atoms with Gasteiger partial charge in [-0.3, -0.25) is 4.79 Å². The Bertz CT molecular complexity index is 476. The van der Waals surface area contributed by atoms with Crippen LogP contribution in [0.4, 0.5) is 5.69 Å². The van der Waals surface area contributed by atoms with E-state index in [9.17, 15) is 4.79 Å². The molecular formula is C13H16ClNO3. The van der Waals surface area contributed by atoms with Crippen LogP contribution >= 0.6 is 11.6 Å². The molecule has 0 radical (unpaired) electrons. The van der Waals surface area contributed by atoms with E-state index in [2.05, 4.69) is 4.90 Å². The molecular weight excluding hydrogens is 254 g/mol. The molecule has 18 heavy (non-hydrogen) atoms. The van der Waals surface area contributed by atoms with Crippen LogP contribution in [-0.4, -0.2) is 31.8 Å². The van der Waals surface area contributed by atoms with Crippen LogP contribution in [0.25, 0.3) is 0 Å². The predicted octanol–water partition coefficient (Wildman–Crippen LogP) is 2.43. The van der Waals surface area contributed by atoms with E-state index in [4.69, 9.17) is 21.4 Å². The number of ether oxygens (including phenoxy) is 1. The van der Waals surface area contributed by atoms with Crippen LogP contribution in [0.3, 0.4) is 0 Å². The molecule has 2 rings (SSSR count). The Hall–Kier alpha value is -1.42. The third kappa shape index (κ3) is 2.53. The van der Waals surface area contributed by atoms with Gasteiger partial charge in [-0.05, 0) is 30.0 Å². The standard InChI is InChI=1S/C13H16ClNO3/c1-15-7-8(4-13(16)17)3-9-5-12(18-2)10(14)6-11(9)15/h5-6,8H,3-4,7H2,1-2H3,(H,16,17). The maximum atomic E-state index is 10.8. The molecule has 98 valence electrons. The summed E-state index contributed by atoms with van der Waals surface area (Å²) in [5, 5.41) is 9.46. The monoisotopic (exact) mass is 269 g/mol. The molecule has 1 aromatic carbocycles. The SMILES string of the molecule is COc1cc2c(cc1Cl)N(C)CC(CC(=O)O)C2.